The number of hydrogen-bond donors (Lipinski definition) is 1. The maximum absolute atomic E-state index is 9.57. The van der Waals surface area contributed by atoms with Crippen LogP contribution in [0.1, 0.15) is 18.5 Å². The van der Waals surface area contributed by atoms with Crippen LogP contribution in [0.15, 0.2) is 16.7 Å². The third-order valence-corrected chi connectivity index (χ3v) is 3.54. The van der Waals surface area contributed by atoms with E-state index in [1.807, 2.05) is 17.0 Å². The molecule has 1 heterocycles. The number of nitrogens with zero attached hydrogens (tertiary/aromatic N) is 3. The predicted octanol–water partition coefficient (Wildman–Crippen LogP) is 1.75. The van der Waals surface area contributed by atoms with E-state index in [2.05, 4.69) is 40.0 Å². The van der Waals surface area contributed by atoms with Crippen LogP contribution in [-0.4, -0.2) is 46.5 Å². The lowest BCUT2D eigenvalue weighted by Crippen LogP contribution is -2.20. The van der Waals surface area contributed by atoms with Crippen molar-refractivity contribution in [1.82, 2.24) is 14.7 Å². The number of aromatic nitrogens is 2. The monoisotopic (exact) mass is 299 g/mol. The summed E-state index contributed by atoms with van der Waals surface area (Å²) < 4.78 is 3.02. The van der Waals surface area contributed by atoms with E-state index in [0.29, 0.717) is 0 Å². The Hall–Kier alpha value is -0.650. The molecule has 0 saturated heterocycles. The molecule has 0 aliphatic heterocycles. The second-order valence-electron chi connectivity index (χ2n) is 4.67. The van der Waals surface area contributed by atoms with Gasteiger partial charge in [0.05, 0.1) is 29.0 Å². The Bertz CT molecular complexity index is 425. The van der Waals surface area contributed by atoms with Crippen LogP contribution in [-0.2, 0) is 6.54 Å². The van der Waals surface area contributed by atoms with Crippen molar-refractivity contribution in [3.63, 3.8) is 0 Å². The van der Waals surface area contributed by atoms with Crippen LogP contribution >= 0.6 is 15.9 Å². The van der Waals surface area contributed by atoms with E-state index in [1.54, 1.807) is 0 Å². The molecule has 0 aromatic carbocycles. The minimum atomic E-state index is -0.297. The van der Waals surface area contributed by atoms with Gasteiger partial charge in [0.15, 0.2) is 0 Å². The third-order valence-electron chi connectivity index (χ3n) is 2.96. The van der Waals surface area contributed by atoms with E-state index < -0.39 is 0 Å². The lowest BCUT2D eigenvalue weighted by molar-refractivity contribution is 0.223. The van der Waals surface area contributed by atoms with Crippen molar-refractivity contribution in [3.8, 4) is 0 Å². The van der Waals surface area contributed by atoms with E-state index in [-0.39, 0.29) is 6.10 Å². The molecule has 1 N–H and O–H groups in total. The molecule has 1 atom stereocenters. The largest absolute Gasteiger partial charge is 0.389 e. The molecule has 5 heteroatoms. The van der Waals surface area contributed by atoms with E-state index in [1.165, 1.54) is 5.57 Å². The Morgan fingerprint density at radius 1 is 1.59 bits per heavy atom. The van der Waals surface area contributed by atoms with Crippen LogP contribution in [0.3, 0.4) is 0 Å². The van der Waals surface area contributed by atoms with Crippen molar-refractivity contribution in [3.05, 3.63) is 22.4 Å². The maximum atomic E-state index is 9.57. The van der Waals surface area contributed by atoms with Crippen molar-refractivity contribution >= 4 is 21.5 Å². The molecule has 1 aliphatic carbocycles. The molecule has 17 heavy (non-hydrogen) atoms. The molecule has 1 aliphatic rings. The normalized spacial score (nSPS) is 20.1. The Kier molecular flexibility index (Phi) is 4.01. The summed E-state index contributed by atoms with van der Waals surface area (Å²) in [5.41, 5.74) is 2.31. The van der Waals surface area contributed by atoms with Gasteiger partial charge in [-0.1, -0.05) is 6.08 Å². The van der Waals surface area contributed by atoms with Crippen LogP contribution in [0.5, 0.6) is 0 Å². The molecule has 0 saturated carbocycles. The van der Waals surface area contributed by atoms with Crippen molar-refractivity contribution < 1.29 is 5.11 Å². The molecule has 1 aromatic rings. The summed E-state index contributed by atoms with van der Waals surface area (Å²) >= 11 is 3.53. The molecular weight excluding hydrogens is 282 g/mol. The SMILES string of the molecule is CN(C)CCn1ncc(Br)c1C1=CC(O)CC1. The van der Waals surface area contributed by atoms with Crippen LogP contribution in [0.2, 0.25) is 0 Å². The Morgan fingerprint density at radius 2 is 2.35 bits per heavy atom. The number of likely N-dealkylation sites (N-methyl/N-ethyl adjacent to an activating group) is 1. The second-order valence-corrected chi connectivity index (χ2v) is 5.52. The van der Waals surface area contributed by atoms with E-state index in [4.69, 9.17) is 0 Å². The quantitative estimate of drug-likeness (QED) is 0.921. The topological polar surface area (TPSA) is 41.3 Å². The summed E-state index contributed by atoms with van der Waals surface area (Å²) in [6, 6.07) is 0. The zero-order valence-electron chi connectivity index (χ0n) is 10.2. The van der Waals surface area contributed by atoms with Gasteiger partial charge in [-0.15, -0.1) is 0 Å². The van der Waals surface area contributed by atoms with Crippen LogP contribution in [0.25, 0.3) is 5.57 Å². The minimum Gasteiger partial charge on any atom is -0.389 e. The van der Waals surface area contributed by atoms with Gasteiger partial charge >= 0.3 is 0 Å². The predicted molar refractivity (Wildman–Crippen MR) is 71.7 cm³/mol. The zero-order valence-corrected chi connectivity index (χ0v) is 11.8. The molecule has 0 radical (unpaired) electrons. The molecule has 4 nitrogen and oxygen atoms in total. The average Bonchev–Trinajstić information content (AvgIpc) is 2.82. The Labute approximate surface area is 110 Å². The minimum absolute atomic E-state index is 0.297. The van der Waals surface area contributed by atoms with E-state index in [9.17, 15) is 5.11 Å². The first-order chi connectivity index (χ1) is 8.08. The van der Waals surface area contributed by atoms with E-state index in [0.717, 1.165) is 36.1 Å². The molecule has 0 bridgehead atoms. The summed E-state index contributed by atoms with van der Waals surface area (Å²) in [4.78, 5) is 2.14. The lowest BCUT2D eigenvalue weighted by atomic mass is 10.1. The summed E-state index contributed by atoms with van der Waals surface area (Å²) in [7, 11) is 4.10. The summed E-state index contributed by atoms with van der Waals surface area (Å²) in [6.07, 6.45) is 5.22. The van der Waals surface area contributed by atoms with Crippen LogP contribution in [0, 0.1) is 0 Å². The first-order valence-corrected chi connectivity index (χ1v) is 6.62. The van der Waals surface area contributed by atoms with Gasteiger partial charge in [0.2, 0.25) is 0 Å². The highest BCUT2D eigenvalue weighted by molar-refractivity contribution is 9.10. The lowest BCUT2D eigenvalue weighted by Gasteiger charge is -2.12. The molecule has 94 valence electrons. The Morgan fingerprint density at radius 3 is 2.94 bits per heavy atom. The second kappa shape index (κ2) is 5.33. The fourth-order valence-electron chi connectivity index (χ4n) is 2.05. The number of hydrogen-bond acceptors (Lipinski definition) is 3. The highest BCUT2D eigenvalue weighted by Crippen LogP contribution is 2.32. The summed E-state index contributed by atoms with van der Waals surface area (Å²) in [5.74, 6) is 0. The summed E-state index contributed by atoms with van der Waals surface area (Å²) in [5, 5.41) is 13.9. The fraction of sp³-hybridized carbons (Fsp3) is 0.583. The molecule has 1 aromatic heterocycles. The van der Waals surface area contributed by atoms with Crippen molar-refractivity contribution in [2.24, 2.45) is 0 Å². The number of rotatable bonds is 4. The Balaban J connectivity index is 2.20. The fourth-order valence-corrected chi connectivity index (χ4v) is 2.60. The van der Waals surface area contributed by atoms with Gasteiger partial charge in [-0.25, -0.2) is 0 Å². The smallest absolute Gasteiger partial charge is 0.0782 e. The van der Waals surface area contributed by atoms with Gasteiger partial charge in [-0.05, 0) is 48.4 Å². The zero-order chi connectivity index (χ0) is 12.4. The number of allylic oxidation sites excluding steroid dienone is 1. The molecule has 2 rings (SSSR count). The highest BCUT2D eigenvalue weighted by Gasteiger charge is 2.20. The molecule has 0 amide bonds. The number of halogens is 1. The number of aliphatic hydroxyl groups is 1. The van der Waals surface area contributed by atoms with Gasteiger partial charge in [-0.3, -0.25) is 4.68 Å². The standard InChI is InChI=1S/C12H18BrN3O/c1-15(2)5-6-16-12(11(13)8-14-16)9-3-4-10(17)7-9/h7-8,10,17H,3-6H2,1-2H3. The van der Waals surface area contributed by atoms with Crippen molar-refractivity contribution in [2.45, 2.75) is 25.5 Å². The molecule has 0 spiro atoms. The first-order valence-electron chi connectivity index (χ1n) is 5.83. The van der Waals surface area contributed by atoms with Crippen LogP contribution < -0.4 is 0 Å². The highest BCUT2D eigenvalue weighted by atomic mass is 79.9. The van der Waals surface area contributed by atoms with Gasteiger partial charge in [0.1, 0.15) is 0 Å². The molecule has 1 unspecified atom stereocenters. The van der Waals surface area contributed by atoms with Gasteiger partial charge in [0.25, 0.3) is 0 Å². The average molecular weight is 300 g/mol. The van der Waals surface area contributed by atoms with Crippen LogP contribution in [0.4, 0.5) is 0 Å². The van der Waals surface area contributed by atoms with Crippen molar-refractivity contribution in [1.29, 1.82) is 0 Å². The summed E-state index contributed by atoms with van der Waals surface area (Å²) in [6.45, 7) is 1.82. The third kappa shape index (κ3) is 2.97. The number of aliphatic hydroxyl groups excluding tert-OH is 1. The molecular formula is C12H18BrN3O. The van der Waals surface area contributed by atoms with Crippen molar-refractivity contribution in [2.75, 3.05) is 20.6 Å². The van der Waals surface area contributed by atoms with Gasteiger partial charge in [-0.2, -0.15) is 5.10 Å². The first kappa shape index (κ1) is 12.8. The van der Waals surface area contributed by atoms with Gasteiger partial charge in [0, 0.05) is 6.54 Å². The van der Waals surface area contributed by atoms with E-state index >= 15 is 0 Å². The maximum Gasteiger partial charge on any atom is 0.0782 e. The molecule has 0 fully saturated rings. The van der Waals surface area contributed by atoms with Gasteiger partial charge < -0.3 is 10.0 Å².